The van der Waals surface area contributed by atoms with Gasteiger partial charge in [-0.05, 0) is 61.7 Å². The fourth-order valence-electron chi connectivity index (χ4n) is 3.35. The van der Waals surface area contributed by atoms with Crippen LogP contribution in [0.2, 0.25) is 5.02 Å². The predicted molar refractivity (Wildman–Crippen MR) is 108 cm³/mol. The zero-order valence-corrected chi connectivity index (χ0v) is 16.6. The van der Waals surface area contributed by atoms with Crippen molar-refractivity contribution in [3.63, 3.8) is 0 Å². The predicted octanol–water partition coefficient (Wildman–Crippen LogP) is 5.25. The highest BCUT2D eigenvalue weighted by Crippen LogP contribution is 2.28. The lowest BCUT2D eigenvalue weighted by Gasteiger charge is -2.31. The van der Waals surface area contributed by atoms with Crippen molar-refractivity contribution < 1.29 is 13.7 Å². The van der Waals surface area contributed by atoms with Crippen molar-refractivity contribution in [1.29, 1.82) is 0 Å². The van der Waals surface area contributed by atoms with Crippen LogP contribution < -0.4 is 5.32 Å². The van der Waals surface area contributed by atoms with Crippen LogP contribution in [0.15, 0.2) is 47.0 Å². The van der Waals surface area contributed by atoms with E-state index < -0.39 is 0 Å². The Kier molecular flexibility index (Phi) is 5.49. The third kappa shape index (κ3) is 4.40. The smallest absolute Gasteiger partial charge is 0.321 e. The number of hydrogen-bond acceptors (Lipinski definition) is 4. The molecule has 0 saturated carbocycles. The standard InChI is InChI=1S/C21H20ClFN4O2/c1-13-4-9-17(11-18(13)22)24-21(28)27-10-2-3-15(12-27)20-25-19(26-29-20)14-5-7-16(23)8-6-14/h4-9,11,15H,2-3,10,12H2,1H3,(H,24,28)/t15-/m1/s1. The van der Waals surface area contributed by atoms with E-state index in [4.69, 9.17) is 16.1 Å². The maximum atomic E-state index is 13.1. The van der Waals surface area contributed by atoms with Crippen molar-refractivity contribution in [1.82, 2.24) is 15.0 Å². The summed E-state index contributed by atoms with van der Waals surface area (Å²) in [6.45, 7) is 3.05. The van der Waals surface area contributed by atoms with E-state index >= 15 is 0 Å². The second kappa shape index (κ2) is 8.21. The first kappa shape index (κ1) is 19.4. The Balaban J connectivity index is 1.43. The van der Waals surface area contributed by atoms with Gasteiger partial charge in [-0.3, -0.25) is 0 Å². The number of aromatic nitrogens is 2. The molecule has 3 aromatic rings. The van der Waals surface area contributed by atoms with Crippen molar-refractivity contribution in [2.24, 2.45) is 0 Å². The number of nitrogens with one attached hydrogen (secondary N) is 1. The minimum Gasteiger partial charge on any atom is -0.339 e. The maximum absolute atomic E-state index is 13.1. The number of benzene rings is 2. The van der Waals surface area contributed by atoms with E-state index in [1.54, 1.807) is 23.1 Å². The lowest BCUT2D eigenvalue weighted by atomic mass is 9.98. The largest absolute Gasteiger partial charge is 0.339 e. The van der Waals surface area contributed by atoms with E-state index in [9.17, 15) is 9.18 Å². The molecule has 0 bridgehead atoms. The second-order valence-electron chi connectivity index (χ2n) is 7.14. The van der Waals surface area contributed by atoms with Crippen LogP contribution in [0.5, 0.6) is 0 Å². The monoisotopic (exact) mass is 414 g/mol. The number of piperidine rings is 1. The van der Waals surface area contributed by atoms with Crippen molar-refractivity contribution >= 4 is 23.3 Å². The fourth-order valence-corrected chi connectivity index (χ4v) is 3.53. The molecular formula is C21H20ClFN4O2. The average molecular weight is 415 g/mol. The number of carbonyl (C=O) groups excluding carboxylic acids is 1. The number of carbonyl (C=O) groups is 1. The van der Waals surface area contributed by atoms with Gasteiger partial charge in [-0.1, -0.05) is 22.8 Å². The molecule has 1 aliphatic rings. The Hall–Kier alpha value is -2.93. The minimum atomic E-state index is -0.318. The number of halogens is 2. The molecule has 0 aliphatic carbocycles. The van der Waals surface area contributed by atoms with Crippen LogP contribution in [0.4, 0.5) is 14.9 Å². The number of aryl methyl sites for hydroxylation is 1. The topological polar surface area (TPSA) is 71.3 Å². The van der Waals surface area contributed by atoms with E-state index in [-0.39, 0.29) is 17.8 Å². The number of likely N-dealkylation sites (tertiary alicyclic amines) is 1. The number of hydrogen-bond donors (Lipinski definition) is 1. The molecule has 4 rings (SSSR count). The van der Waals surface area contributed by atoms with Crippen LogP contribution in [-0.2, 0) is 0 Å². The van der Waals surface area contributed by atoms with Gasteiger partial charge in [-0.15, -0.1) is 0 Å². The Bertz CT molecular complexity index is 1020. The van der Waals surface area contributed by atoms with E-state index in [0.29, 0.717) is 41.1 Å². The van der Waals surface area contributed by atoms with Gasteiger partial charge < -0.3 is 14.7 Å². The fraction of sp³-hybridized carbons (Fsp3) is 0.286. The van der Waals surface area contributed by atoms with Gasteiger partial charge in [0, 0.05) is 29.4 Å². The van der Waals surface area contributed by atoms with E-state index in [1.807, 2.05) is 19.1 Å². The van der Waals surface area contributed by atoms with Crippen LogP contribution in [0, 0.1) is 12.7 Å². The SMILES string of the molecule is Cc1ccc(NC(=O)N2CCC[C@@H](c3nc(-c4ccc(F)cc4)no3)C2)cc1Cl. The summed E-state index contributed by atoms with van der Waals surface area (Å²) in [5, 5.41) is 7.50. The number of rotatable bonds is 3. The molecule has 6 nitrogen and oxygen atoms in total. The molecule has 0 radical (unpaired) electrons. The van der Waals surface area contributed by atoms with Gasteiger partial charge in [0.05, 0.1) is 5.92 Å². The van der Waals surface area contributed by atoms with Gasteiger partial charge in [-0.25, -0.2) is 9.18 Å². The molecule has 29 heavy (non-hydrogen) atoms. The third-order valence-corrected chi connectivity index (χ3v) is 5.43. The number of amides is 2. The number of urea groups is 1. The lowest BCUT2D eigenvalue weighted by Crippen LogP contribution is -2.41. The Morgan fingerprint density at radius 2 is 2.07 bits per heavy atom. The molecule has 0 unspecified atom stereocenters. The van der Waals surface area contributed by atoms with Gasteiger partial charge in [-0.2, -0.15) is 4.98 Å². The van der Waals surface area contributed by atoms with Gasteiger partial charge in [0.15, 0.2) is 0 Å². The molecule has 8 heteroatoms. The normalized spacial score (nSPS) is 16.7. The summed E-state index contributed by atoms with van der Waals surface area (Å²) in [5.41, 5.74) is 2.29. The highest BCUT2D eigenvalue weighted by atomic mass is 35.5. The zero-order chi connectivity index (χ0) is 20.4. The van der Waals surface area contributed by atoms with Gasteiger partial charge in [0.1, 0.15) is 5.82 Å². The Morgan fingerprint density at radius 1 is 1.28 bits per heavy atom. The van der Waals surface area contributed by atoms with Gasteiger partial charge >= 0.3 is 6.03 Å². The van der Waals surface area contributed by atoms with Crippen LogP contribution >= 0.6 is 11.6 Å². The second-order valence-corrected chi connectivity index (χ2v) is 7.55. The molecule has 150 valence electrons. The summed E-state index contributed by atoms with van der Waals surface area (Å²) in [6, 6.07) is 11.2. The van der Waals surface area contributed by atoms with Crippen molar-refractivity contribution in [3.05, 3.63) is 64.8 Å². The van der Waals surface area contributed by atoms with E-state index in [0.717, 1.165) is 18.4 Å². The first-order valence-electron chi connectivity index (χ1n) is 9.41. The molecule has 2 amide bonds. The van der Waals surface area contributed by atoms with Crippen LogP contribution in [0.3, 0.4) is 0 Å². The van der Waals surface area contributed by atoms with Crippen LogP contribution in [0.25, 0.3) is 11.4 Å². The molecule has 1 fully saturated rings. The summed E-state index contributed by atoms with van der Waals surface area (Å²) < 4.78 is 18.5. The summed E-state index contributed by atoms with van der Waals surface area (Å²) >= 11 is 6.13. The lowest BCUT2D eigenvalue weighted by molar-refractivity contribution is 0.184. The van der Waals surface area contributed by atoms with Gasteiger partial charge in [0.2, 0.25) is 11.7 Å². The van der Waals surface area contributed by atoms with Crippen molar-refractivity contribution in [2.75, 3.05) is 18.4 Å². The Morgan fingerprint density at radius 3 is 2.83 bits per heavy atom. The van der Waals surface area contributed by atoms with Crippen molar-refractivity contribution in [2.45, 2.75) is 25.7 Å². The molecule has 1 saturated heterocycles. The first-order chi connectivity index (χ1) is 14.0. The maximum Gasteiger partial charge on any atom is 0.321 e. The summed E-state index contributed by atoms with van der Waals surface area (Å²) in [7, 11) is 0. The Labute approximate surface area is 172 Å². The number of anilines is 1. The third-order valence-electron chi connectivity index (χ3n) is 5.03. The number of nitrogens with zero attached hydrogens (tertiary/aromatic N) is 3. The molecule has 1 atom stereocenters. The molecule has 1 aliphatic heterocycles. The van der Waals surface area contributed by atoms with Crippen LogP contribution in [0.1, 0.15) is 30.2 Å². The molecule has 0 spiro atoms. The molecule has 1 N–H and O–H groups in total. The summed E-state index contributed by atoms with van der Waals surface area (Å²) in [4.78, 5) is 18.9. The highest BCUT2D eigenvalue weighted by Gasteiger charge is 2.29. The molecule has 2 heterocycles. The first-order valence-corrected chi connectivity index (χ1v) is 9.79. The molecule has 2 aromatic carbocycles. The van der Waals surface area contributed by atoms with E-state index in [1.165, 1.54) is 12.1 Å². The zero-order valence-electron chi connectivity index (χ0n) is 15.9. The summed E-state index contributed by atoms with van der Waals surface area (Å²) in [6.07, 6.45) is 1.69. The minimum absolute atomic E-state index is 0.0437. The average Bonchev–Trinajstić information content (AvgIpc) is 3.22. The van der Waals surface area contributed by atoms with Crippen molar-refractivity contribution in [3.8, 4) is 11.4 Å². The summed E-state index contributed by atoms with van der Waals surface area (Å²) in [5.74, 6) is 0.537. The highest BCUT2D eigenvalue weighted by molar-refractivity contribution is 6.31. The molecular weight excluding hydrogens is 395 g/mol. The van der Waals surface area contributed by atoms with Crippen LogP contribution in [-0.4, -0.2) is 34.2 Å². The quantitative estimate of drug-likeness (QED) is 0.635. The van der Waals surface area contributed by atoms with Gasteiger partial charge in [0.25, 0.3) is 0 Å². The van der Waals surface area contributed by atoms with E-state index in [2.05, 4.69) is 15.5 Å². The molecule has 1 aromatic heterocycles.